The van der Waals surface area contributed by atoms with Gasteiger partial charge in [-0.15, -0.1) is 0 Å². The van der Waals surface area contributed by atoms with Gasteiger partial charge in [-0.2, -0.15) is 0 Å². The zero-order valence-corrected chi connectivity index (χ0v) is 14.6. The van der Waals surface area contributed by atoms with Gasteiger partial charge in [0, 0.05) is 16.5 Å². The molecular formula is C18H20Cl2O2. The number of benzene rings is 2. The second kappa shape index (κ2) is 7.75. The van der Waals surface area contributed by atoms with Gasteiger partial charge in [0.25, 0.3) is 0 Å². The van der Waals surface area contributed by atoms with Crippen molar-refractivity contribution in [3.8, 4) is 11.5 Å². The van der Waals surface area contributed by atoms with Crippen LogP contribution in [0.5, 0.6) is 11.5 Å². The quantitative estimate of drug-likeness (QED) is 0.622. The minimum absolute atomic E-state index is 0.605. The summed E-state index contributed by atoms with van der Waals surface area (Å²) < 4.78 is 11.6. The molecule has 0 amide bonds. The summed E-state index contributed by atoms with van der Waals surface area (Å²) in [6, 6.07) is 9.45. The molecule has 0 spiro atoms. The van der Waals surface area contributed by atoms with Crippen LogP contribution >= 0.6 is 23.2 Å². The summed E-state index contributed by atoms with van der Waals surface area (Å²) in [5.41, 5.74) is 3.15. The van der Waals surface area contributed by atoms with Crippen molar-refractivity contribution >= 4 is 23.2 Å². The van der Waals surface area contributed by atoms with E-state index in [-0.39, 0.29) is 0 Å². The topological polar surface area (TPSA) is 18.5 Å². The number of aryl methyl sites for hydroxylation is 3. The molecule has 0 unspecified atom stereocenters. The Labute approximate surface area is 142 Å². The number of ether oxygens (including phenoxy) is 2. The Balaban J connectivity index is 1.80. The molecule has 0 saturated carbocycles. The van der Waals surface area contributed by atoms with Crippen LogP contribution < -0.4 is 9.47 Å². The van der Waals surface area contributed by atoms with Crippen molar-refractivity contribution in [2.75, 3.05) is 13.2 Å². The van der Waals surface area contributed by atoms with E-state index in [1.807, 2.05) is 51.1 Å². The van der Waals surface area contributed by atoms with E-state index in [0.29, 0.717) is 13.2 Å². The van der Waals surface area contributed by atoms with Gasteiger partial charge in [0.2, 0.25) is 0 Å². The summed E-state index contributed by atoms with van der Waals surface area (Å²) >= 11 is 11.9. The molecule has 2 rings (SSSR count). The maximum Gasteiger partial charge on any atom is 0.125 e. The lowest BCUT2D eigenvalue weighted by Crippen LogP contribution is -2.07. The molecule has 0 heterocycles. The maximum atomic E-state index is 6.01. The Morgan fingerprint density at radius 1 is 0.773 bits per heavy atom. The van der Waals surface area contributed by atoms with Gasteiger partial charge in [-0.1, -0.05) is 23.2 Å². The molecule has 22 heavy (non-hydrogen) atoms. The second-order valence-electron chi connectivity index (χ2n) is 5.33. The zero-order chi connectivity index (χ0) is 16.1. The van der Waals surface area contributed by atoms with Crippen molar-refractivity contribution < 1.29 is 9.47 Å². The van der Waals surface area contributed by atoms with Gasteiger partial charge in [-0.05, 0) is 67.8 Å². The fourth-order valence-corrected chi connectivity index (χ4v) is 2.87. The lowest BCUT2D eigenvalue weighted by molar-refractivity contribution is 0.245. The van der Waals surface area contributed by atoms with Gasteiger partial charge < -0.3 is 9.47 Å². The predicted octanol–water partition coefficient (Wildman–Crippen LogP) is 5.77. The maximum absolute atomic E-state index is 6.01. The predicted molar refractivity (Wildman–Crippen MR) is 92.7 cm³/mol. The molecule has 0 aliphatic carbocycles. The van der Waals surface area contributed by atoms with Crippen molar-refractivity contribution in [3.05, 3.63) is 57.1 Å². The van der Waals surface area contributed by atoms with Crippen molar-refractivity contribution in [1.29, 1.82) is 0 Å². The largest absolute Gasteiger partial charge is 0.493 e. The minimum atomic E-state index is 0.605. The fraction of sp³-hybridized carbons (Fsp3) is 0.333. The van der Waals surface area contributed by atoms with Gasteiger partial charge in [-0.25, -0.2) is 0 Å². The molecule has 0 radical (unpaired) electrons. The smallest absolute Gasteiger partial charge is 0.125 e. The number of hydrogen-bond acceptors (Lipinski definition) is 2. The van der Waals surface area contributed by atoms with E-state index < -0.39 is 0 Å². The molecule has 0 fully saturated rings. The standard InChI is InChI=1S/C18H20Cl2O2/c1-12-9-15(19)5-6-17(12)21-7-4-8-22-18-13(2)10-16(20)11-14(18)3/h5-6,9-11H,4,7-8H2,1-3H3. The summed E-state index contributed by atoms with van der Waals surface area (Å²) in [6.07, 6.45) is 0.809. The van der Waals surface area contributed by atoms with Crippen LogP contribution in [0, 0.1) is 20.8 Å². The fourth-order valence-electron chi connectivity index (χ4n) is 2.32. The van der Waals surface area contributed by atoms with Crippen LogP contribution in [0.3, 0.4) is 0 Å². The third kappa shape index (κ3) is 4.56. The Morgan fingerprint density at radius 3 is 2.00 bits per heavy atom. The van der Waals surface area contributed by atoms with Crippen LogP contribution in [-0.4, -0.2) is 13.2 Å². The van der Waals surface area contributed by atoms with Crippen LogP contribution in [-0.2, 0) is 0 Å². The highest BCUT2D eigenvalue weighted by atomic mass is 35.5. The molecule has 0 atom stereocenters. The van der Waals surface area contributed by atoms with Gasteiger partial charge in [0.1, 0.15) is 11.5 Å². The highest BCUT2D eigenvalue weighted by molar-refractivity contribution is 6.31. The monoisotopic (exact) mass is 338 g/mol. The molecule has 2 aromatic rings. The summed E-state index contributed by atoms with van der Waals surface area (Å²) in [4.78, 5) is 0. The zero-order valence-electron chi connectivity index (χ0n) is 13.1. The third-order valence-corrected chi connectivity index (χ3v) is 3.81. The molecule has 2 aromatic carbocycles. The Bertz CT molecular complexity index is 631. The summed E-state index contributed by atoms with van der Waals surface area (Å²) in [5, 5.41) is 1.46. The van der Waals surface area contributed by atoms with E-state index in [2.05, 4.69) is 0 Å². The first-order chi connectivity index (χ1) is 10.5. The highest BCUT2D eigenvalue weighted by Crippen LogP contribution is 2.27. The normalized spacial score (nSPS) is 10.6. The van der Waals surface area contributed by atoms with E-state index in [1.54, 1.807) is 0 Å². The van der Waals surface area contributed by atoms with Crippen LogP contribution in [0.25, 0.3) is 0 Å². The Morgan fingerprint density at radius 2 is 1.36 bits per heavy atom. The van der Waals surface area contributed by atoms with Crippen LogP contribution in [0.2, 0.25) is 10.0 Å². The van der Waals surface area contributed by atoms with Gasteiger partial charge in [0.05, 0.1) is 13.2 Å². The third-order valence-electron chi connectivity index (χ3n) is 3.35. The van der Waals surface area contributed by atoms with E-state index in [0.717, 1.165) is 44.7 Å². The first-order valence-corrected chi connectivity index (χ1v) is 8.01. The van der Waals surface area contributed by atoms with Crippen molar-refractivity contribution in [2.24, 2.45) is 0 Å². The molecule has 0 aromatic heterocycles. The Hall–Kier alpha value is -1.38. The first-order valence-electron chi connectivity index (χ1n) is 7.26. The molecule has 0 saturated heterocycles. The summed E-state index contributed by atoms with van der Waals surface area (Å²) in [6.45, 7) is 7.20. The molecule has 0 aliphatic rings. The molecule has 118 valence electrons. The SMILES string of the molecule is Cc1cc(Cl)ccc1OCCCOc1c(C)cc(Cl)cc1C. The first kappa shape index (κ1) is 17.0. The molecule has 0 bridgehead atoms. The lowest BCUT2D eigenvalue weighted by atomic mass is 10.1. The van der Waals surface area contributed by atoms with E-state index in [9.17, 15) is 0 Å². The van der Waals surface area contributed by atoms with Crippen LogP contribution in [0.4, 0.5) is 0 Å². The number of hydrogen-bond donors (Lipinski definition) is 0. The van der Waals surface area contributed by atoms with Crippen LogP contribution in [0.1, 0.15) is 23.1 Å². The molecule has 0 aliphatic heterocycles. The lowest BCUT2D eigenvalue weighted by Gasteiger charge is -2.13. The molecule has 4 heteroatoms. The number of rotatable bonds is 6. The average Bonchev–Trinajstić information content (AvgIpc) is 2.42. The number of halogens is 2. The average molecular weight is 339 g/mol. The minimum Gasteiger partial charge on any atom is -0.493 e. The molecule has 0 N–H and O–H groups in total. The Kier molecular flexibility index (Phi) is 5.98. The highest BCUT2D eigenvalue weighted by Gasteiger charge is 2.06. The molecule has 2 nitrogen and oxygen atoms in total. The van der Waals surface area contributed by atoms with Gasteiger partial charge in [0.15, 0.2) is 0 Å². The summed E-state index contributed by atoms with van der Waals surface area (Å²) in [7, 11) is 0. The van der Waals surface area contributed by atoms with Crippen molar-refractivity contribution in [1.82, 2.24) is 0 Å². The van der Waals surface area contributed by atoms with Crippen molar-refractivity contribution in [2.45, 2.75) is 27.2 Å². The van der Waals surface area contributed by atoms with Gasteiger partial charge in [-0.3, -0.25) is 0 Å². The van der Waals surface area contributed by atoms with E-state index >= 15 is 0 Å². The van der Waals surface area contributed by atoms with Gasteiger partial charge >= 0.3 is 0 Å². The van der Waals surface area contributed by atoms with Crippen LogP contribution in [0.15, 0.2) is 30.3 Å². The van der Waals surface area contributed by atoms with E-state index in [4.69, 9.17) is 32.7 Å². The van der Waals surface area contributed by atoms with Crippen molar-refractivity contribution in [3.63, 3.8) is 0 Å². The summed E-state index contributed by atoms with van der Waals surface area (Å²) in [5.74, 6) is 1.77. The van der Waals surface area contributed by atoms with E-state index in [1.165, 1.54) is 0 Å². The second-order valence-corrected chi connectivity index (χ2v) is 6.20. The molecular weight excluding hydrogens is 319 g/mol.